The Bertz CT molecular complexity index is 380. The van der Waals surface area contributed by atoms with Crippen LogP contribution in [0.15, 0.2) is 0 Å². The molecule has 0 aliphatic heterocycles. The fraction of sp³-hybridized carbons (Fsp3) is 1.00. The minimum absolute atomic E-state index is 0.859. The number of ether oxygens (including phenoxy) is 1. The molecule has 0 radical (unpaired) electrons. The zero-order valence-electron chi connectivity index (χ0n) is 21.0. The first-order valence-corrected chi connectivity index (χ1v) is 20.6. The molecule has 0 aliphatic rings. The molecule has 0 spiro atoms. The van der Waals surface area contributed by atoms with Crippen molar-refractivity contribution in [3.8, 4) is 0 Å². The van der Waals surface area contributed by atoms with Gasteiger partial charge in [-0.25, -0.2) is 0 Å². The highest BCUT2D eigenvalue weighted by Crippen LogP contribution is 2.28. The van der Waals surface area contributed by atoms with Crippen LogP contribution in [-0.4, -0.2) is 59.5 Å². The molecular formula is C22H52O4Si3. The fourth-order valence-electron chi connectivity index (χ4n) is 3.93. The molecule has 0 heterocycles. The smallest absolute Gasteiger partial charge is 0.382 e. The second kappa shape index (κ2) is 16.2. The van der Waals surface area contributed by atoms with Gasteiger partial charge in [-0.05, 0) is 19.8 Å². The summed E-state index contributed by atoms with van der Waals surface area (Å²) < 4.78 is 22.0. The Hall–Kier alpha value is 0.491. The first kappa shape index (κ1) is 29.5. The molecule has 0 saturated heterocycles. The Morgan fingerprint density at radius 3 is 1.38 bits per heavy atom. The number of hydrogen-bond acceptors (Lipinski definition) is 4. The average molecular weight is 465 g/mol. The van der Waals surface area contributed by atoms with E-state index in [1.54, 1.807) is 21.3 Å². The van der Waals surface area contributed by atoms with Crippen LogP contribution < -0.4 is 0 Å². The molecule has 0 aromatic carbocycles. The summed E-state index contributed by atoms with van der Waals surface area (Å²) in [5.74, 6) is 0. The predicted octanol–water partition coefficient (Wildman–Crippen LogP) is 7.05. The summed E-state index contributed by atoms with van der Waals surface area (Å²) in [6.45, 7) is 14.3. The van der Waals surface area contributed by atoms with Gasteiger partial charge in [0.2, 0.25) is 0 Å². The largest absolute Gasteiger partial charge is 0.500 e. The Balaban J connectivity index is 3.84. The standard InChI is InChI=1S/C22H52O4Si3/c1-9-26-17-16-19-28(7,8)22-21-27(5,6)18-14-12-10-11-13-15-20-29(23-2,24-3)25-4/h9-22H2,1-8H3. The highest BCUT2D eigenvalue weighted by Gasteiger charge is 2.36. The lowest BCUT2D eigenvalue weighted by molar-refractivity contribution is 0.122. The molecule has 7 heteroatoms. The minimum atomic E-state index is -2.35. The second-order valence-corrected chi connectivity index (χ2v) is 23.8. The summed E-state index contributed by atoms with van der Waals surface area (Å²) >= 11 is 0. The quantitative estimate of drug-likeness (QED) is 0.143. The first-order chi connectivity index (χ1) is 13.7. The maximum atomic E-state index is 5.52. The average Bonchev–Trinajstić information content (AvgIpc) is 2.69. The van der Waals surface area contributed by atoms with Gasteiger partial charge in [0.15, 0.2) is 0 Å². The van der Waals surface area contributed by atoms with Crippen molar-refractivity contribution in [2.24, 2.45) is 0 Å². The van der Waals surface area contributed by atoms with Crippen LogP contribution in [0, 0.1) is 0 Å². The third kappa shape index (κ3) is 15.0. The lowest BCUT2D eigenvalue weighted by Crippen LogP contribution is -2.42. The van der Waals surface area contributed by atoms with E-state index in [1.165, 1.54) is 62.7 Å². The van der Waals surface area contributed by atoms with E-state index in [9.17, 15) is 0 Å². The predicted molar refractivity (Wildman–Crippen MR) is 135 cm³/mol. The third-order valence-electron chi connectivity index (χ3n) is 6.34. The SMILES string of the molecule is CCOCCC[Si](C)(C)CC[Si](C)(C)CCCCCCCC[Si](OC)(OC)OC. The van der Waals surface area contributed by atoms with Crippen LogP contribution >= 0.6 is 0 Å². The van der Waals surface area contributed by atoms with Crippen molar-refractivity contribution in [2.75, 3.05) is 34.5 Å². The molecule has 4 nitrogen and oxygen atoms in total. The molecule has 0 aliphatic carbocycles. The third-order valence-corrected chi connectivity index (χ3v) is 16.3. The monoisotopic (exact) mass is 464 g/mol. The lowest BCUT2D eigenvalue weighted by atomic mass is 10.1. The number of hydrogen-bond donors (Lipinski definition) is 0. The molecule has 0 saturated carbocycles. The zero-order valence-corrected chi connectivity index (χ0v) is 24.0. The van der Waals surface area contributed by atoms with E-state index >= 15 is 0 Å². The molecule has 0 atom stereocenters. The highest BCUT2D eigenvalue weighted by molar-refractivity contribution is 6.82. The van der Waals surface area contributed by atoms with Crippen LogP contribution in [0.5, 0.6) is 0 Å². The molecule has 0 fully saturated rings. The molecule has 0 aromatic heterocycles. The van der Waals surface area contributed by atoms with Gasteiger partial charge in [0.25, 0.3) is 0 Å². The van der Waals surface area contributed by atoms with Gasteiger partial charge in [0, 0.05) is 56.7 Å². The van der Waals surface area contributed by atoms with E-state index in [0.29, 0.717) is 0 Å². The van der Waals surface area contributed by atoms with Gasteiger partial charge in [0.05, 0.1) is 0 Å². The summed E-state index contributed by atoms with van der Waals surface area (Å²) in [6.07, 6.45) is 9.18. The van der Waals surface area contributed by atoms with Gasteiger partial charge >= 0.3 is 8.80 Å². The molecule has 0 rings (SSSR count). The van der Waals surface area contributed by atoms with Gasteiger partial charge in [0.1, 0.15) is 0 Å². The van der Waals surface area contributed by atoms with Crippen molar-refractivity contribution in [3.05, 3.63) is 0 Å². The van der Waals surface area contributed by atoms with E-state index in [2.05, 4.69) is 33.1 Å². The number of rotatable bonds is 20. The first-order valence-electron chi connectivity index (χ1n) is 11.9. The van der Waals surface area contributed by atoms with Crippen LogP contribution in [0.4, 0.5) is 0 Å². The van der Waals surface area contributed by atoms with E-state index in [1.807, 2.05) is 0 Å². The normalized spacial score (nSPS) is 13.2. The Kier molecular flexibility index (Phi) is 16.4. The molecular weight excluding hydrogens is 412 g/mol. The van der Waals surface area contributed by atoms with Crippen LogP contribution in [0.25, 0.3) is 0 Å². The minimum Gasteiger partial charge on any atom is -0.382 e. The summed E-state index contributed by atoms with van der Waals surface area (Å²) in [5.41, 5.74) is 0. The maximum Gasteiger partial charge on any atom is 0.500 e. The van der Waals surface area contributed by atoms with E-state index in [4.69, 9.17) is 18.0 Å². The van der Waals surface area contributed by atoms with Crippen molar-refractivity contribution in [1.29, 1.82) is 0 Å². The van der Waals surface area contributed by atoms with Gasteiger partial charge < -0.3 is 18.0 Å². The summed E-state index contributed by atoms with van der Waals surface area (Å²) in [4.78, 5) is 0. The van der Waals surface area contributed by atoms with Gasteiger partial charge in [-0.15, -0.1) is 0 Å². The lowest BCUT2D eigenvalue weighted by Gasteiger charge is -2.29. The van der Waals surface area contributed by atoms with Crippen molar-refractivity contribution in [2.45, 2.75) is 108 Å². The molecule has 176 valence electrons. The fourth-order valence-corrected chi connectivity index (χ4v) is 14.0. The summed E-state index contributed by atoms with van der Waals surface area (Å²) in [5, 5.41) is 0. The van der Waals surface area contributed by atoms with Gasteiger partial charge in [-0.2, -0.15) is 0 Å². The highest BCUT2D eigenvalue weighted by atomic mass is 28.4. The molecule has 0 bridgehead atoms. The Morgan fingerprint density at radius 1 is 0.517 bits per heavy atom. The van der Waals surface area contributed by atoms with Crippen molar-refractivity contribution < 1.29 is 18.0 Å². The van der Waals surface area contributed by atoms with Crippen LogP contribution in [0.3, 0.4) is 0 Å². The molecule has 0 aromatic rings. The molecule has 0 unspecified atom stereocenters. The maximum absolute atomic E-state index is 5.52. The van der Waals surface area contributed by atoms with Crippen molar-refractivity contribution in [1.82, 2.24) is 0 Å². The van der Waals surface area contributed by atoms with Crippen LogP contribution in [0.2, 0.25) is 56.4 Å². The van der Waals surface area contributed by atoms with Gasteiger partial charge in [-0.1, -0.05) is 82.5 Å². The van der Waals surface area contributed by atoms with Crippen LogP contribution in [0.1, 0.15) is 51.9 Å². The van der Waals surface area contributed by atoms with E-state index in [-0.39, 0.29) is 0 Å². The Morgan fingerprint density at radius 2 is 0.931 bits per heavy atom. The van der Waals surface area contributed by atoms with E-state index < -0.39 is 25.0 Å². The zero-order chi connectivity index (χ0) is 22.2. The summed E-state index contributed by atoms with van der Waals surface area (Å²) in [6, 6.07) is 6.90. The van der Waals surface area contributed by atoms with Crippen LogP contribution in [-0.2, 0) is 18.0 Å². The van der Waals surface area contributed by atoms with Crippen molar-refractivity contribution in [3.63, 3.8) is 0 Å². The van der Waals surface area contributed by atoms with Crippen molar-refractivity contribution >= 4 is 25.0 Å². The molecule has 29 heavy (non-hydrogen) atoms. The molecule has 0 N–H and O–H groups in total. The van der Waals surface area contributed by atoms with E-state index in [0.717, 1.165) is 25.7 Å². The van der Waals surface area contributed by atoms with Gasteiger partial charge in [-0.3, -0.25) is 0 Å². The second-order valence-electron chi connectivity index (χ2n) is 10.0. The molecule has 0 amide bonds. The Labute approximate surface area is 185 Å². The number of unbranched alkanes of at least 4 members (excludes halogenated alkanes) is 5. The summed E-state index contributed by atoms with van der Waals surface area (Å²) in [7, 11) is 0.704. The topological polar surface area (TPSA) is 36.9 Å².